The van der Waals surface area contributed by atoms with E-state index in [1.165, 1.54) is 6.07 Å². The van der Waals surface area contributed by atoms with E-state index < -0.39 is 18.6 Å². The predicted molar refractivity (Wildman–Crippen MR) is 167 cm³/mol. The molecule has 3 aromatic carbocycles. The average Bonchev–Trinajstić information content (AvgIpc) is 3.44. The number of furan rings is 1. The molecule has 1 radical (unpaired) electrons. The summed E-state index contributed by atoms with van der Waals surface area (Å²) in [6, 6.07) is 34.1. The summed E-state index contributed by atoms with van der Waals surface area (Å²) in [4.78, 5) is 13.0. The Labute approximate surface area is 267 Å². The van der Waals surface area contributed by atoms with Crippen molar-refractivity contribution < 1.29 is 31.4 Å². The third kappa shape index (κ3) is 6.33. The molecule has 0 atom stereocenters. The zero-order valence-electron chi connectivity index (χ0n) is 28.4. The van der Waals surface area contributed by atoms with Gasteiger partial charge in [-0.2, -0.15) is 0 Å². The molecule has 0 saturated heterocycles. The molecule has 0 saturated carbocycles. The van der Waals surface area contributed by atoms with E-state index in [1.807, 2.05) is 75.4 Å². The van der Waals surface area contributed by atoms with Crippen LogP contribution < -0.4 is 0 Å². The molecule has 0 aliphatic rings. The molecule has 42 heavy (non-hydrogen) atoms. The van der Waals surface area contributed by atoms with Crippen LogP contribution >= 0.6 is 0 Å². The van der Waals surface area contributed by atoms with E-state index in [-0.39, 0.29) is 25.8 Å². The van der Waals surface area contributed by atoms with Crippen molar-refractivity contribution in [3.8, 4) is 22.5 Å². The van der Waals surface area contributed by atoms with Crippen molar-refractivity contribution in [2.75, 3.05) is 0 Å². The largest absolute Gasteiger partial charge is 0.500 e. The van der Waals surface area contributed by atoms with E-state index in [4.69, 9.17) is 11.3 Å². The average molecular weight is 731 g/mol. The summed E-state index contributed by atoms with van der Waals surface area (Å²) in [6.07, 6.45) is 1.84. The number of aromatic nitrogens is 3. The van der Waals surface area contributed by atoms with Crippen LogP contribution in [-0.4, -0.2) is 15.0 Å². The zero-order chi connectivity index (χ0) is 32.7. The van der Waals surface area contributed by atoms with Gasteiger partial charge in [0.2, 0.25) is 0 Å². The van der Waals surface area contributed by atoms with Gasteiger partial charge in [-0.05, 0) is 66.4 Å². The van der Waals surface area contributed by atoms with Crippen LogP contribution in [0.25, 0.3) is 55.4 Å². The molecule has 0 fully saturated rings. The minimum Gasteiger partial charge on any atom is -0.500 e. The summed E-state index contributed by atoms with van der Waals surface area (Å²) in [5, 5.41) is 2.47. The summed E-state index contributed by atoms with van der Waals surface area (Å²) >= 11 is 0. The minimum absolute atomic E-state index is 0. The molecule has 0 aliphatic heterocycles. The molecular weight excluding hydrogens is 695 g/mol. The van der Waals surface area contributed by atoms with Crippen molar-refractivity contribution in [2.45, 2.75) is 34.0 Å². The molecular formula is C37H31IrN3O-2. The summed E-state index contributed by atoms with van der Waals surface area (Å²) in [5.41, 5.74) is 4.95. The molecule has 0 amide bonds. The van der Waals surface area contributed by atoms with Crippen LogP contribution in [-0.2, 0) is 26.5 Å². The summed E-state index contributed by atoms with van der Waals surface area (Å²) in [6.45, 7) is 3.33. The van der Waals surface area contributed by atoms with Crippen LogP contribution in [0, 0.1) is 24.4 Å². The minimum atomic E-state index is -2.28. The van der Waals surface area contributed by atoms with Gasteiger partial charge in [0.05, 0.1) is 11.1 Å². The van der Waals surface area contributed by atoms with Gasteiger partial charge in [-0.25, -0.2) is 0 Å². The SMILES string of the molecule is [2H]C([2H])([2H])c1ccc2c(ccc3c4cc[c-]c(-c5cc(C([2H])([2H])C(C)(C)C)ccn5)c4oc23)n1.[Ir].[c-]1ccccc1-c1ccccn1. The second kappa shape index (κ2) is 12.4. The number of hydrogen-bond acceptors (Lipinski definition) is 4. The van der Waals surface area contributed by atoms with Crippen molar-refractivity contribution >= 4 is 32.8 Å². The van der Waals surface area contributed by atoms with Gasteiger partial charge >= 0.3 is 0 Å². The third-order valence-electron chi connectivity index (χ3n) is 6.45. The Bertz CT molecular complexity index is 2120. The van der Waals surface area contributed by atoms with Gasteiger partial charge in [0, 0.05) is 55.8 Å². The van der Waals surface area contributed by atoms with Gasteiger partial charge in [0.25, 0.3) is 0 Å². The molecule has 7 rings (SSSR count). The van der Waals surface area contributed by atoms with Gasteiger partial charge in [0.1, 0.15) is 5.58 Å². The Kier molecular flexibility index (Phi) is 6.88. The molecule has 4 heterocycles. The molecule has 4 nitrogen and oxygen atoms in total. The second-order valence-electron chi connectivity index (χ2n) is 10.7. The first kappa shape index (κ1) is 23.4. The Balaban J connectivity index is 0.000000280. The van der Waals surface area contributed by atoms with Crippen molar-refractivity contribution in [1.82, 2.24) is 15.0 Å². The second-order valence-corrected chi connectivity index (χ2v) is 10.7. The summed E-state index contributed by atoms with van der Waals surface area (Å²) < 4.78 is 46.5. The smallest absolute Gasteiger partial charge is 0.130 e. The van der Waals surface area contributed by atoms with Crippen LogP contribution in [0.5, 0.6) is 0 Å². The van der Waals surface area contributed by atoms with Crippen molar-refractivity contribution in [3.63, 3.8) is 0 Å². The van der Waals surface area contributed by atoms with E-state index in [9.17, 15) is 0 Å². The first-order valence-corrected chi connectivity index (χ1v) is 13.4. The third-order valence-corrected chi connectivity index (χ3v) is 6.45. The number of aryl methyl sites for hydroxylation is 1. The standard InChI is InChI=1S/C26H23N2O.C11H8N.Ir/c1-16-8-9-21-22(28-16)11-10-19-18-6-5-7-20(24(18)29-25(19)21)23-14-17(12-13-27-23)15-26(2,3)4;1-2-6-10(7-3-1)11-8-4-5-9-12-11;/h5-6,8-14H,15H2,1-4H3;1-6,8-9H;/q2*-1;/i1D3,15D2;;. The normalized spacial score (nSPS) is 13.6. The number of benzene rings is 3. The fourth-order valence-corrected chi connectivity index (χ4v) is 4.75. The maximum Gasteiger partial charge on any atom is 0.130 e. The number of nitrogens with zero attached hydrogens (tertiary/aromatic N) is 3. The molecule has 0 aliphatic carbocycles. The summed E-state index contributed by atoms with van der Waals surface area (Å²) in [7, 11) is 0. The topological polar surface area (TPSA) is 51.8 Å². The van der Waals surface area contributed by atoms with Crippen LogP contribution in [0.15, 0.2) is 108 Å². The Morgan fingerprint density at radius 2 is 1.60 bits per heavy atom. The molecule has 211 valence electrons. The zero-order valence-corrected chi connectivity index (χ0v) is 25.8. The molecule has 7 aromatic rings. The van der Waals surface area contributed by atoms with E-state index in [0.29, 0.717) is 33.5 Å². The molecule has 0 N–H and O–H groups in total. The van der Waals surface area contributed by atoms with Gasteiger partial charge in [-0.15, -0.1) is 54.1 Å². The van der Waals surface area contributed by atoms with Crippen molar-refractivity contribution in [2.24, 2.45) is 5.41 Å². The molecule has 5 heteroatoms. The maximum atomic E-state index is 8.64. The van der Waals surface area contributed by atoms with Gasteiger partial charge in [-0.3, -0.25) is 4.98 Å². The van der Waals surface area contributed by atoms with Crippen LogP contribution in [0.2, 0.25) is 0 Å². The van der Waals surface area contributed by atoms with Crippen LogP contribution in [0.3, 0.4) is 0 Å². The first-order chi connectivity index (χ1) is 21.8. The molecule has 0 unspecified atom stereocenters. The van der Waals surface area contributed by atoms with E-state index >= 15 is 0 Å². The van der Waals surface area contributed by atoms with Crippen LogP contribution in [0.1, 0.15) is 38.9 Å². The number of rotatable bonds is 3. The van der Waals surface area contributed by atoms with E-state index in [1.54, 1.807) is 42.7 Å². The molecule has 0 bridgehead atoms. The fraction of sp³-hybridized carbons (Fsp3) is 0.162. The Morgan fingerprint density at radius 1 is 0.786 bits per heavy atom. The van der Waals surface area contributed by atoms with Gasteiger partial charge in [0.15, 0.2) is 0 Å². The monoisotopic (exact) mass is 731 g/mol. The molecule has 0 spiro atoms. The van der Waals surface area contributed by atoms with Crippen LogP contribution in [0.4, 0.5) is 0 Å². The number of pyridine rings is 3. The Morgan fingerprint density at radius 3 is 2.36 bits per heavy atom. The maximum absolute atomic E-state index is 8.64. The first-order valence-electron chi connectivity index (χ1n) is 15.9. The molecule has 4 aromatic heterocycles. The predicted octanol–water partition coefficient (Wildman–Crippen LogP) is 9.44. The van der Waals surface area contributed by atoms with Gasteiger partial charge in [-0.1, -0.05) is 55.5 Å². The number of hydrogen-bond donors (Lipinski definition) is 0. The Hall–Kier alpha value is -4.18. The van der Waals surface area contributed by atoms with E-state index in [2.05, 4.69) is 27.1 Å². The van der Waals surface area contributed by atoms with Gasteiger partial charge < -0.3 is 14.4 Å². The quantitative estimate of drug-likeness (QED) is 0.170. The van der Waals surface area contributed by atoms with Crippen molar-refractivity contribution in [3.05, 3.63) is 127 Å². The van der Waals surface area contributed by atoms with Crippen molar-refractivity contribution in [1.29, 1.82) is 0 Å². The van der Waals surface area contributed by atoms with E-state index in [0.717, 1.165) is 27.4 Å². The fourth-order valence-electron chi connectivity index (χ4n) is 4.75. The summed E-state index contributed by atoms with van der Waals surface area (Å²) in [5.74, 6) is 0. The number of fused-ring (bicyclic) bond motifs is 5.